The summed E-state index contributed by atoms with van der Waals surface area (Å²) >= 11 is 6.08. The number of carbonyl (C=O) groups is 1. The number of hydrogen-bond donors (Lipinski definition) is 0. The van der Waals surface area contributed by atoms with Gasteiger partial charge in [-0.2, -0.15) is 0 Å². The molecule has 2 aromatic rings. The second-order valence-corrected chi connectivity index (χ2v) is 7.68. The average Bonchev–Trinajstić information content (AvgIpc) is 2.62. The predicted molar refractivity (Wildman–Crippen MR) is 101 cm³/mol. The van der Waals surface area contributed by atoms with Crippen molar-refractivity contribution in [1.29, 1.82) is 0 Å². The van der Waals surface area contributed by atoms with Gasteiger partial charge >= 0.3 is 5.97 Å². The highest BCUT2D eigenvalue weighted by molar-refractivity contribution is 7.92. The molecule has 2 aromatic carbocycles. The minimum Gasteiger partial charge on any atom is -0.495 e. The number of carbonyl (C=O) groups excluding carboxylic acids is 1. The number of benzene rings is 2. The molecule has 26 heavy (non-hydrogen) atoms. The Morgan fingerprint density at radius 2 is 1.88 bits per heavy atom. The predicted octanol–water partition coefficient (Wildman–Crippen LogP) is 3.66. The first-order chi connectivity index (χ1) is 12.3. The molecule has 0 spiro atoms. The maximum absolute atomic E-state index is 13.1. The molecule has 0 heterocycles. The fourth-order valence-corrected chi connectivity index (χ4v) is 4.51. The number of rotatable bonds is 6. The van der Waals surface area contributed by atoms with E-state index in [1.165, 1.54) is 36.7 Å². The fraction of sp³-hybridized carbons (Fsp3) is 0.278. The Morgan fingerprint density at radius 1 is 1.19 bits per heavy atom. The molecule has 0 saturated heterocycles. The third-order valence-electron chi connectivity index (χ3n) is 3.98. The fourth-order valence-electron chi connectivity index (χ4n) is 2.63. The first-order valence-electron chi connectivity index (χ1n) is 7.82. The summed E-state index contributed by atoms with van der Waals surface area (Å²) in [7, 11) is -1.15. The molecule has 0 unspecified atom stereocenters. The first-order valence-corrected chi connectivity index (χ1v) is 9.63. The lowest BCUT2D eigenvalue weighted by molar-refractivity contribution is 0.0600. The molecule has 140 valence electrons. The molecule has 0 saturated carbocycles. The van der Waals surface area contributed by atoms with Gasteiger partial charge in [0.1, 0.15) is 5.75 Å². The van der Waals surface area contributed by atoms with E-state index in [1.54, 1.807) is 32.0 Å². The van der Waals surface area contributed by atoms with E-state index >= 15 is 0 Å². The molecular formula is C18H20ClNO5S. The van der Waals surface area contributed by atoms with Crippen LogP contribution >= 0.6 is 11.6 Å². The number of anilines is 1. The van der Waals surface area contributed by atoms with E-state index in [1.807, 2.05) is 0 Å². The average molecular weight is 398 g/mol. The number of sulfonamides is 1. The normalized spacial score (nSPS) is 11.1. The van der Waals surface area contributed by atoms with Crippen LogP contribution in [0.5, 0.6) is 5.75 Å². The van der Waals surface area contributed by atoms with Gasteiger partial charge in [0.2, 0.25) is 0 Å². The third-order valence-corrected chi connectivity index (χ3v) is 6.16. The highest BCUT2D eigenvalue weighted by atomic mass is 35.5. The van der Waals surface area contributed by atoms with E-state index in [-0.39, 0.29) is 16.5 Å². The van der Waals surface area contributed by atoms with Gasteiger partial charge in [-0.15, -0.1) is 0 Å². The van der Waals surface area contributed by atoms with Gasteiger partial charge in [-0.1, -0.05) is 17.7 Å². The largest absolute Gasteiger partial charge is 0.495 e. The van der Waals surface area contributed by atoms with Crippen molar-refractivity contribution in [2.45, 2.75) is 18.7 Å². The van der Waals surface area contributed by atoms with Crippen LogP contribution in [0.2, 0.25) is 5.02 Å². The molecule has 0 atom stereocenters. The van der Waals surface area contributed by atoms with Crippen LogP contribution in [-0.2, 0) is 14.8 Å². The van der Waals surface area contributed by atoms with Gasteiger partial charge in [-0.05, 0) is 49.7 Å². The number of ether oxygens (including phenoxy) is 2. The molecule has 0 aliphatic carbocycles. The van der Waals surface area contributed by atoms with Gasteiger partial charge in [-0.3, -0.25) is 4.31 Å². The summed E-state index contributed by atoms with van der Waals surface area (Å²) in [6, 6.07) is 9.14. The topological polar surface area (TPSA) is 72.9 Å². The van der Waals surface area contributed by atoms with Gasteiger partial charge in [0.15, 0.2) is 0 Å². The van der Waals surface area contributed by atoms with Gasteiger partial charge in [-0.25, -0.2) is 13.2 Å². The van der Waals surface area contributed by atoms with Crippen molar-refractivity contribution in [3.63, 3.8) is 0 Å². The van der Waals surface area contributed by atoms with Crippen LogP contribution in [0.1, 0.15) is 22.8 Å². The minimum absolute atomic E-state index is 0.0352. The molecule has 0 aliphatic rings. The third kappa shape index (κ3) is 3.64. The van der Waals surface area contributed by atoms with Crippen LogP contribution in [0.3, 0.4) is 0 Å². The van der Waals surface area contributed by atoms with Crippen molar-refractivity contribution >= 4 is 33.3 Å². The van der Waals surface area contributed by atoms with Gasteiger partial charge in [0.05, 0.1) is 35.4 Å². The summed E-state index contributed by atoms with van der Waals surface area (Å²) in [6.45, 7) is 3.57. The summed E-state index contributed by atoms with van der Waals surface area (Å²) in [5.41, 5.74) is 1.23. The van der Waals surface area contributed by atoms with Crippen LogP contribution in [-0.4, -0.2) is 35.2 Å². The molecule has 0 bridgehead atoms. The maximum Gasteiger partial charge on any atom is 0.338 e. The molecule has 6 nitrogen and oxygen atoms in total. The van der Waals surface area contributed by atoms with Crippen LogP contribution in [0, 0.1) is 6.92 Å². The lowest BCUT2D eigenvalue weighted by Gasteiger charge is -2.25. The monoisotopic (exact) mass is 397 g/mol. The van der Waals surface area contributed by atoms with E-state index in [0.29, 0.717) is 22.6 Å². The Hall–Kier alpha value is -2.25. The Labute approximate surface area is 158 Å². The summed E-state index contributed by atoms with van der Waals surface area (Å²) < 4.78 is 37.3. The van der Waals surface area contributed by atoms with E-state index in [2.05, 4.69) is 0 Å². The van der Waals surface area contributed by atoms with Crippen LogP contribution in [0.4, 0.5) is 5.69 Å². The van der Waals surface area contributed by atoms with E-state index in [0.717, 1.165) is 0 Å². The zero-order valence-corrected chi connectivity index (χ0v) is 16.5. The van der Waals surface area contributed by atoms with E-state index < -0.39 is 16.0 Å². The number of nitrogens with zero attached hydrogens (tertiary/aromatic N) is 1. The first kappa shape index (κ1) is 20.1. The zero-order chi connectivity index (χ0) is 19.5. The summed E-state index contributed by atoms with van der Waals surface area (Å²) in [5.74, 6) is -0.136. The highest BCUT2D eigenvalue weighted by Gasteiger charge is 2.27. The molecule has 0 fully saturated rings. The lowest BCUT2D eigenvalue weighted by Crippen LogP contribution is -2.31. The number of hydrogen-bond acceptors (Lipinski definition) is 5. The van der Waals surface area contributed by atoms with Gasteiger partial charge < -0.3 is 9.47 Å². The smallest absolute Gasteiger partial charge is 0.338 e. The molecular weight excluding hydrogens is 378 g/mol. The standard InChI is InChI=1S/C18H20ClNO5S/c1-5-20(16-8-6-7-14(12(16)2)18(21)25-4)26(22,23)13-9-10-17(24-3)15(19)11-13/h6-11H,5H2,1-4H3. The Morgan fingerprint density at radius 3 is 2.42 bits per heavy atom. The second-order valence-electron chi connectivity index (χ2n) is 5.41. The van der Waals surface area contributed by atoms with Crippen LogP contribution < -0.4 is 9.04 Å². The highest BCUT2D eigenvalue weighted by Crippen LogP contribution is 2.32. The Bertz CT molecular complexity index is 927. The van der Waals surface area contributed by atoms with E-state index in [4.69, 9.17) is 21.1 Å². The van der Waals surface area contributed by atoms with Crippen molar-refractivity contribution in [3.8, 4) is 5.75 Å². The molecule has 0 radical (unpaired) electrons. The summed E-state index contributed by atoms with van der Waals surface area (Å²) in [6.07, 6.45) is 0. The molecule has 2 rings (SSSR count). The minimum atomic E-state index is -3.88. The number of halogens is 1. The summed E-state index contributed by atoms with van der Waals surface area (Å²) in [4.78, 5) is 11.9. The van der Waals surface area contributed by atoms with Gasteiger partial charge in [0, 0.05) is 6.54 Å². The quantitative estimate of drug-likeness (QED) is 0.695. The number of esters is 1. The van der Waals surface area contributed by atoms with Crippen molar-refractivity contribution in [3.05, 3.63) is 52.5 Å². The van der Waals surface area contributed by atoms with Crippen LogP contribution in [0.15, 0.2) is 41.3 Å². The molecule has 8 heteroatoms. The SMILES string of the molecule is CCN(c1cccc(C(=O)OC)c1C)S(=O)(=O)c1ccc(OC)c(Cl)c1. The van der Waals surface area contributed by atoms with Crippen molar-refractivity contribution < 1.29 is 22.7 Å². The number of methoxy groups -OCH3 is 2. The van der Waals surface area contributed by atoms with Crippen molar-refractivity contribution in [2.75, 3.05) is 25.1 Å². The zero-order valence-electron chi connectivity index (χ0n) is 14.9. The van der Waals surface area contributed by atoms with E-state index in [9.17, 15) is 13.2 Å². The summed E-state index contributed by atoms with van der Waals surface area (Å²) in [5, 5.41) is 0.199. The molecule has 0 aromatic heterocycles. The molecule has 0 amide bonds. The second kappa shape index (κ2) is 7.97. The molecule has 0 aliphatic heterocycles. The Balaban J connectivity index is 2.57. The van der Waals surface area contributed by atoms with Gasteiger partial charge in [0.25, 0.3) is 10.0 Å². The maximum atomic E-state index is 13.1. The lowest BCUT2D eigenvalue weighted by atomic mass is 10.1. The molecule has 0 N–H and O–H groups in total. The van der Waals surface area contributed by atoms with Crippen molar-refractivity contribution in [2.24, 2.45) is 0 Å². The van der Waals surface area contributed by atoms with Crippen LogP contribution in [0.25, 0.3) is 0 Å². The Kier molecular flexibility index (Phi) is 6.15. The van der Waals surface area contributed by atoms with Crippen molar-refractivity contribution in [1.82, 2.24) is 0 Å².